The summed E-state index contributed by atoms with van der Waals surface area (Å²) in [5, 5.41) is 11.3. The molecular weight excluding hydrogens is 242 g/mol. The van der Waals surface area contributed by atoms with Crippen molar-refractivity contribution in [2.24, 2.45) is 0 Å². The second-order valence-corrected chi connectivity index (χ2v) is 4.09. The summed E-state index contributed by atoms with van der Waals surface area (Å²) in [6.07, 6.45) is 0.980. The third-order valence-corrected chi connectivity index (χ3v) is 2.61. The van der Waals surface area contributed by atoms with Gasteiger partial charge in [-0.1, -0.05) is 18.2 Å². The third-order valence-electron chi connectivity index (χ3n) is 2.61. The van der Waals surface area contributed by atoms with Crippen LogP contribution in [0, 0.1) is 0 Å². The van der Waals surface area contributed by atoms with Gasteiger partial charge in [0.1, 0.15) is 0 Å². The summed E-state index contributed by atoms with van der Waals surface area (Å²) in [5.74, 6) is 1.17. The summed E-state index contributed by atoms with van der Waals surface area (Å²) in [6.45, 7) is 5.01. The summed E-state index contributed by atoms with van der Waals surface area (Å²) >= 11 is 0. The van der Waals surface area contributed by atoms with Gasteiger partial charge in [-0.2, -0.15) is 0 Å². The first-order chi connectivity index (χ1) is 9.40. The molecule has 2 rings (SSSR count). The lowest BCUT2D eigenvalue weighted by atomic mass is 10.2. The van der Waals surface area contributed by atoms with E-state index in [0.717, 1.165) is 31.7 Å². The molecular formula is C14H19N3O2. The Balaban J connectivity index is 1.75. The highest BCUT2D eigenvalue weighted by atomic mass is 16.5. The molecule has 0 radical (unpaired) electrons. The Labute approximate surface area is 113 Å². The zero-order valence-corrected chi connectivity index (χ0v) is 11.1. The van der Waals surface area contributed by atoms with E-state index in [1.165, 1.54) is 0 Å². The van der Waals surface area contributed by atoms with E-state index in [-0.39, 0.29) is 0 Å². The highest BCUT2D eigenvalue weighted by molar-refractivity contribution is 5.51. The van der Waals surface area contributed by atoms with E-state index in [4.69, 9.17) is 9.15 Å². The summed E-state index contributed by atoms with van der Waals surface area (Å²) < 4.78 is 10.8. The Bertz CT molecular complexity index is 471. The number of hydrogen-bond acceptors (Lipinski definition) is 5. The van der Waals surface area contributed by atoms with Gasteiger partial charge in [0, 0.05) is 18.8 Å². The van der Waals surface area contributed by atoms with Crippen molar-refractivity contribution in [3.8, 4) is 11.5 Å². The molecule has 0 saturated heterocycles. The van der Waals surface area contributed by atoms with Gasteiger partial charge in [0.15, 0.2) is 0 Å². The highest BCUT2D eigenvalue weighted by Gasteiger charge is 2.07. The van der Waals surface area contributed by atoms with Crippen LogP contribution in [0.15, 0.2) is 34.7 Å². The molecule has 1 aromatic heterocycles. The number of nitrogens with zero attached hydrogens (tertiary/aromatic N) is 2. The van der Waals surface area contributed by atoms with Gasteiger partial charge in [-0.3, -0.25) is 0 Å². The van der Waals surface area contributed by atoms with Crippen molar-refractivity contribution in [2.45, 2.75) is 19.9 Å². The molecule has 1 aromatic carbocycles. The van der Waals surface area contributed by atoms with Crippen LogP contribution in [0.25, 0.3) is 11.5 Å². The highest BCUT2D eigenvalue weighted by Crippen LogP contribution is 2.16. The van der Waals surface area contributed by atoms with Gasteiger partial charge in [-0.15, -0.1) is 10.2 Å². The molecule has 0 fully saturated rings. The number of benzene rings is 1. The van der Waals surface area contributed by atoms with Gasteiger partial charge in [0.2, 0.25) is 11.8 Å². The van der Waals surface area contributed by atoms with Crippen molar-refractivity contribution in [3.63, 3.8) is 0 Å². The van der Waals surface area contributed by atoms with Crippen LogP contribution in [0.5, 0.6) is 0 Å². The van der Waals surface area contributed by atoms with E-state index in [0.29, 0.717) is 18.3 Å². The predicted octanol–water partition coefficient (Wildman–Crippen LogP) is 2.25. The molecule has 102 valence electrons. The van der Waals surface area contributed by atoms with Crippen LogP contribution >= 0.6 is 0 Å². The fraction of sp³-hybridized carbons (Fsp3) is 0.429. The van der Waals surface area contributed by atoms with Crippen molar-refractivity contribution < 1.29 is 9.15 Å². The van der Waals surface area contributed by atoms with E-state index in [1.54, 1.807) is 0 Å². The first-order valence-electron chi connectivity index (χ1n) is 6.56. The predicted molar refractivity (Wildman–Crippen MR) is 72.6 cm³/mol. The zero-order chi connectivity index (χ0) is 13.3. The van der Waals surface area contributed by atoms with Crippen LogP contribution in [-0.2, 0) is 11.3 Å². The first-order valence-corrected chi connectivity index (χ1v) is 6.56. The minimum Gasteiger partial charge on any atom is -0.419 e. The monoisotopic (exact) mass is 261 g/mol. The maximum atomic E-state index is 5.58. The number of ether oxygens (including phenoxy) is 1. The normalized spacial score (nSPS) is 10.8. The number of rotatable bonds is 8. The van der Waals surface area contributed by atoms with E-state index in [1.807, 2.05) is 37.3 Å². The van der Waals surface area contributed by atoms with Crippen LogP contribution in [-0.4, -0.2) is 30.0 Å². The molecule has 0 bridgehead atoms. The van der Waals surface area contributed by atoms with Gasteiger partial charge in [-0.05, 0) is 32.0 Å². The average Bonchev–Trinajstić information content (AvgIpc) is 2.92. The van der Waals surface area contributed by atoms with Crippen LogP contribution < -0.4 is 5.32 Å². The van der Waals surface area contributed by atoms with Gasteiger partial charge in [0.05, 0.1) is 6.54 Å². The fourth-order valence-electron chi connectivity index (χ4n) is 1.66. The molecule has 1 heterocycles. The maximum absolute atomic E-state index is 5.58. The summed E-state index contributed by atoms with van der Waals surface area (Å²) in [5.41, 5.74) is 0.942. The van der Waals surface area contributed by atoms with Gasteiger partial charge in [-0.25, -0.2) is 0 Å². The molecule has 0 aliphatic heterocycles. The smallest absolute Gasteiger partial charge is 0.247 e. The molecule has 1 N–H and O–H groups in total. The minimum absolute atomic E-state index is 0.562. The summed E-state index contributed by atoms with van der Waals surface area (Å²) in [7, 11) is 0. The van der Waals surface area contributed by atoms with Crippen molar-refractivity contribution >= 4 is 0 Å². The van der Waals surface area contributed by atoms with Gasteiger partial charge in [0.25, 0.3) is 0 Å². The molecule has 0 amide bonds. The molecule has 0 unspecified atom stereocenters. The topological polar surface area (TPSA) is 60.2 Å². The zero-order valence-electron chi connectivity index (χ0n) is 11.1. The van der Waals surface area contributed by atoms with Crippen LogP contribution in [0.2, 0.25) is 0 Å². The lowest BCUT2D eigenvalue weighted by Crippen LogP contribution is -2.16. The Kier molecular flexibility index (Phi) is 5.52. The molecule has 19 heavy (non-hydrogen) atoms. The lowest BCUT2D eigenvalue weighted by Gasteiger charge is -2.01. The molecule has 2 aromatic rings. The SMILES string of the molecule is CCOCCCNCc1nnc(-c2ccccc2)o1. The Morgan fingerprint density at radius 1 is 1.21 bits per heavy atom. The number of hydrogen-bond donors (Lipinski definition) is 1. The molecule has 0 atom stereocenters. The largest absolute Gasteiger partial charge is 0.419 e. The van der Waals surface area contributed by atoms with Crippen molar-refractivity contribution in [1.29, 1.82) is 0 Å². The minimum atomic E-state index is 0.562. The maximum Gasteiger partial charge on any atom is 0.247 e. The van der Waals surface area contributed by atoms with Crippen LogP contribution in [0.4, 0.5) is 0 Å². The molecule has 5 heteroatoms. The van der Waals surface area contributed by atoms with Crippen molar-refractivity contribution in [2.75, 3.05) is 19.8 Å². The van der Waals surface area contributed by atoms with E-state index < -0.39 is 0 Å². The molecule has 5 nitrogen and oxygen atoms in total. The Morgan fingerprint density at radius 2 is 2.05 bits per heavy atom. The third kappa shape index (κ3) is 4.46. The summed E-state index contributed by atoms with van der Waals surface area (Å²) in [6, 6.07) is 9.76. The van der Waals surface area contributed by atoms with E-state index >= 15 is 0 Å². The van der Waals surface area contributed by atoms with Crippen LogP contribution in [0.1, 0.15) is 19.2 Å². The second kappa shape index (κ2) is 7.66. The van der Waals surface area contributed by atoms with Crippen molar-refractivity contribution in [3.05, 3.63) is 36.2 Å². The Morgan fingerprint density at radius 3 is 2.84 bits per heavy atom. The number of aromatic nitrogens is 2. The Hall–Kier alpha value is -1.72. The quantitative estimate of drug-likeness (QED) is 0.738. The fourth-order valence-corrected chi connectivity index (χ4v) is 1.66. The second-order valence-electron chi connectivity index (χ2n) is 4.09. The molecule has 0 aliphatic carbocycles. The molecule has 0 saturated carbocycles. The molecule has 0 spiro atoms. The summed E-state index contributed by atoms with van der Waals surface area (Å²) in [4.78, 5) is 0. The lowest BCUT2D eigenvalue weighted by molar-refractivity contribution is 0.144. The number of nitrogens with one attached hydrogen (secondary N) is 1. The average molecular weight is 261 g/mol. The first kappa shape index (κ1) is 13.7. The molecule has 0 aliphatic rings. The standard InChI is InChI=1S/C14H19N3O2/c1-2-18-10-6-9-15-11-13-16-17-14(19-13)12-7-4-3-5-8-12/h3-5,7-8,15H,2,6,9-11H2,1H3. The van der Waals surface area contributed by atoms with Crippen molar-refractivity contribution in [1.82, 2.24) is 15.5 Å². The van der Waals surface area contributed by atoms with E-state index in [9.17, 15) is 0 Å². The van der Waals surface area contributed by atoms with Gasteiger partial charge < -0.3 is 14.5 Å². The van der Waals surface area contributed by atoms with Gasteiger partial charge >= 0.3 is 0 Å². The van der Waals surface area contributed by atoms with Crippen LogP contribution in [0.3, 0.4) is 0 Å². The van der Waals surface area contributed by atoms with E-state index in [2.05, 4.69) is 15.5 Å².